The molecule has 0 aromatic carbocycles. The van der Waals surface area contributed by atoms with Gasteiger partial charge in [0.25, 0.3) is 0 Å². The van der Waals surface area contributed by atoms with Crippen LogP contribution in [0.1, 0.15) is 72.6 Å². The highest BCUT2D eigenvalue weighted by Crippen LogP contribution is 2.18. The van der Waals surface area contributed by atoms with Crippen molar-refractivity contribution in [3.8, 4) is 0 Å². The van der Waals surface area contributed by atoms with E-state index in [-0.39, 0.29) is 13.2 Å². The van der Waals surface area contributed by atoms with Crippen molar-refractivity contribution in [1.82, 2.24) is 0 Å². The summed E-state index contributed by atoms with van der Waals surface area (Å²) in [5.41, 5.74) is 0.691. The predicted octanol–water partition coefficient (Wildman–Crippen LogP) is 4.36. The average molecular weight is 413 g/mol. The second kappa shape index (κ2) is 16.2. The molecule has 0 aromatic heterocycles. The van der Waals surface area contributed by atoms with Crippen molar-refractivity contribution in [1.29, 1.82) is 0 Å². The number of aliphatic hydroxyl groups is 1. The van der Waals surface area contributed by atoms with Crippen molar-refractivity contribution >= 4 is 11.9 Å². The van der Waals surface area contributed by atoms with Crippen molar-refractivity contribution in [2.24, 2.45) is 5.92 Å². The van der Waals surface area contributed by atoms with Crippen molar-refractivity contribution in [3.05, 3.63) is 24.3 Å². The van der Waals surface area contributed by atoms with E-state index >= 15 is 0 Å². The molecule has 0 rings (SSSR count). The van der Waals surface area contributed by atoms with Crippen LogP contribution in [0.15, 0.2) is 24.3 Å². The first-order valence-corrected chi connectivity index (χ1v) is 10.7. The molecule has 0 aromatic rings. The van der Waals surface area contributed by atoms with Gasteiger partial charge in [0.05, 0.1) is 25.4 Å². The Labute approximate surface area is 176 Å². The highest BCUT2D eigenvalue weighted by atomic mass is 16.5. The standard InChI is InChI=1S/C23H40O6/c1-7-9-11-19(8-2)16-29-21(13-15-28-23(26)18(5)6)20(24)12-10-14-27-22(25)17(3)4/h19-21,24H,3,5,7-16H2,1-2,4,6H3. The van der Waals surface area contributed by atoms with Crippen molar-refractivity contribution in [2.75, 3.05) is 19.8 Å². The van der Waals surface area contributed by atoms with Crippen LogP contribution in [0.25, 0.3) is 0 Å². The van der Waals surface area contributed by atoms with E-state index in [9.17, 15) is 14.7 Å². The summed E-state index contributed by atoms with van der Waals surface area (Å²) in [6, 6.07) is 0. The minimum Gasteiger partial charge on any atom is -0.462 e. The van der Waals surface area contributed by atoms with Gasteiger partial charge in [0.1, 0.15) is 0 Å². The second-order valence-electron chi connectivity index (χ2n) is 7.62. The Morgan fingerprint density at radius 2 is 1.48 bits per heavy atom. The molecule has 0 aliphatic heterocycles. The first-order chi connectivity index (χ1) is 13.7. The Morgan fingerprint density at radius 1 is 0.897 bits per heavy atom. The van der Waals surface area contributed by atoms with Gasteiger partial charge in [0, 0.05) is 24.2 Å². The molecule has 168 valence electrons. The lowest BCUT2D eigenvalue weighted by Gasteiger charge is -2.26. The Kier molecular flexibility index (Phi) is 15.2. The second-order valence-corrected chi connectivity index (χ2v) is 7.62. The molecule has 3 atom stereocenters. The van der Waals surface area contributed by atoms with Crippen molar-refractivity contribution < 1.29 is 28.9 Å². The summed E-state index contributed by atoms with van der Waals surface area (Å²) in [5.74, 6) is -0.431. The fourth-order valence-corrected chi connectivity index (χ4v) is 2.70. The van der Waals surface area contributed by atoms with Gasteiger partial charge in [-0.1, -0.05) is 46.3 Å². The Morgan fingerprint density at radius 3 is 2.00 bits per heavy atom. The van der Waals surface area contributed by atoms with Gasteiger partial charge in [0.2, 0.25) is 0 Å². The molecule has 0 aliphatic carbocycles. The lowest BCUT2D eigenvalue weighted by atomic mass is 10.00. The summed E-state index contributed by atoms with van der Waals surface area (Å²) >= 11 is 0. The van der Waals surface area contributed by atoms with Gasteiger partial charge in [-0.2, -0.15) is 0 Å². The van der Waals surface area contributed by atoms with Crippen molar-refractivity contribution in [2.45, 2.75) is 84.8 Å². The summed E-state index contributed by atoms with van der Waals surface area (Å²) < 4.78 is 16.2. The van der Waals surface area contributed by atoms with Crippen LogP contribution < -0.4 is 0 Å². The summed E-state index contributed by atoms with van der Waals surface area (Å²) in [6.07, 6.45) is 4.57. The molecule has 0 fully saturated rings. The number of aliphatic hydroxyl groups excluding tert-OH is 1. The fourth-order valence-electron chi connectivity index (χ4n) is 2.70. The molecule has 0 radical (unpaired) electrons. The number of hydrogen-bond donors (Lipinski definition) is 1. The van der Waals surface area contributed by atoms with E-state index in [2.05, 4.69) is 27.0 Å². The summed E-state index contributed by atoms with van der Waals surface area (Å²) in [5, 5.41) is 10.6. The van der Waals surface area contributed by atoms with Crippen LogP contribution in [0.2, 0.25) is 0 Å². The molecular formula is C23H40O6. The first-order valence-electron chi connectivity index (χ1n) is 10.7. The zero-order valence-electron chi connectivity index (χ0n) is 18.7. The third-order valence-electron chi connectivity index (χ3n) is 4.73. The average Bonchev–Trinajstić information content (AvgIpc) is 2.68. The van der Waals surface area contributed by atoms with Crippen LogP contribution >= 0.6 is 0 Å². The third-order valence-corrected chi connectivity index (χ3v) is 4.73. The SMILES string of the molecule is C=C(C)C(=O)OCCCC(O)C(CCOC(=O)C(=C)C)OCC(CC)CCCC. The molecule has 0 heterocycles. The minimum atomic E-state index is -0.731. The maximum Gasteiger partial charge on any atom is 0.333 e. The Hall–Kier alpha value is -1.66. The lowest BCUT2D eigenvalue weighted by molar-refractivity contribution is -0.141. The van der Waals surface area contributed by atoms with Crippen LogP contribution in [-0.4, -0.2) is 49.1 Å². The van der Waals surface area contributed by atoms with Crippen LogP contribution in [0, 0.1) is 5.92 Å². The first kappa shape index (κ1) is 27.3. The Bertz CT molecular complexity index is 513. The predicted molar refractivity (Wildman–Crippen MR) is 114 cm³/mol. The number of esters is 2. The van der Waals surface area contributed by atoms with Gasteiger partial charge in [-0.25, -0.2) is 9.59 Å². The zero-order valence-corrected chi connectivity index (χ0v) is 18.7. The van der Waals surface area contributed by atoms with Crippen LogP contribution in [0.4, 0.5) is 0 Å². The molecule has 29 heavy (non-hydrogen) atoms. The third kappa shape index (κ3) is 13.2. The van der Waals surface area contributed by atoms with Gasteiger partial charge in [-0.15, -0.1) is 0 Å². The normalized spacial score (nSPS) is 14.0. The van der Waals surface area contributed by atoms with Gasteiger partial charge in [-0.05, 0) is 39.0 Å². The molecule has 0 aliphatic rings. The number of hydrogen-bond acceptors (Lipinski definition) is 6. The van der Waals surface area contributed by atoms with E-state index in [1.54, 1.807) is 13.8 Å². The van der Waals surface area contributed by atoms with E-state index in [4.69, 9.17) is 14.2 Å². The molecule has 3 unspecified atom stereocenters. The molecule has 1 N–H and O–H groups in total. The summed E-state index contributed by atoms with van der Waals surface area (Å²) in [4.78, 5) is 23.0. The quantitative estimate of drug-likeness (QED) is 0.217. The zero-order chi connectivity index (χ0) is 22.2. The summed E-state index contributed by atoms with van der Waals surface area (Å²) in [6.45, 7) is 15.5. The van der Waals surface area contributed by atoms with Gasteiger partial charge in [0.15, 0.2) is 0 Å². The van der Waals surface area contributed by atoms with E-state index in [1.165, 1.54) is 0 Å². The van der Waals surface area contributed by atoms with E-state index in [0.29, 0.717) is 42.9 Å². The fraction of sp³-hybridized carbons (Fsp3) is 0.739. The topological polar surface area (TPSA) is 82.1 Å². The number of unbranched alkanes of at least 4 members (excludes halogenated alkanes) is 1. The maximum absolute atomic E-state index is 11.6. The lowest BCUT2D eigenvalue weighted by Crippen LogP contribution is -2.32. The number of rotatable bonds is 17. The van der Waals surface area contributed by atoms with Gasteiger partial charge < -0.3 is 19.3 Å². The van der Waals surface area contributed by atoms with Crippen molar-refractivity contribution in [3.63, 3.8) is 0 Å². The van der Waals surface area contributed by atoms with Crippen LogP contribution in [-0.2, 0) is 23.8 Å². The monoisotopic (exact) mass is 412 g/mol. The molecule has 6 nitrogen and oxygen atoms in total. The van der Waals surface area contributed by atoms with Crippen LogP contribution in [0.5, 0.6) is 0 Å². The van der Waals surface area contributed by atoms with Gasteiger partial charge >= 0.3 is 11.9 Å². The smallest absolute Gasteiger partial charge is 0.333 e. The molecule has 0 amide bonds. The maximum atomic E-state index is 11.6. The molecule has 0 saturated carbocycles. The van der Waals surface area contributed by atoms with E-state index in [0.717, 1.165) is 25.7 Å². The Balaban J connectivity index is 4.61. The van der Waals surface area contributed by atoms with Gasteiger partial charge in [-0.3, -0.25) is 0 Å². The number of carbonyl (C=O) groups is 2. The number of carbonyl (C=O) groups excluding carboxylic acids is 2. The largest absolute Gasteiger partial charge is 0.462 e. The van der Waals surface area contributed by atoms with E-state index in [1.807, 2.05) is 0 Å². The number of ether oxygens (including phenoxy) is 3. The molecule has 0 spiro atoms. The molecule has 6 heteroatoms. The summed E-state index contributed by atoms with van der Waals surface area (Å²) in [7, 11) is 0. The highest BCUT2D eigenvalue weighted by molar-refractivity contribution is 5.87. The molecule has 0 bridgehead atoms. The highest BCUT2D eigenvalue weighted by Gasteiger charge is 2.22. The molecular weight excluding hydrogens is 372 g/mol. The minimum absolute atomic E-state index is 0.157. The van der Waals surface area contributed by atoms with E-state index < -0.39 is 24.1 Å². The molecule has 0 saturated heterocycles. The van der Waals surface area contributed by atoms with Crippen LogP contribution in [0.3, 0.4) is 0 Å².